The Labute approximate surface area is 141 Å². The number of nitrogens with zero attached hydrogens (tertiary/aromatic N) is 2. The summed E-state index contributed by atoms with van der Waals surface area (Å²) in [5, 5.41) is 8.26. The Morgan fingerprint density at radius 2 is 1.67 bits per heavy atom. The second-order valence-corrected chi connectivity index (χ2v) is 5.41. The number of ether oxygens (including phenoxy) is 2. The summed E-state index contributed by atoms with van der Waals surface area (Å²) in [6, 6.07) is 15.9. The number of aryl methyl sites for hydroxylation is 2. The molecule has 0 atom stereocenters. The minimum atomic E-state index is 0.491. The molecule has 0 amide bonds. The number of aromatic nitrogens is 2. The standard InChI is InChI=1S/C19H20N2O3/c1-22-16-12-11-15(13-17(16)23-2)19-21-20-18(24-19)10-6-9-14-7-4-3-5-8-14/h3-5,7-8,11-13H,6,9-10H2,1-2H3. The molecular weight excluding hydrogens is 304 g/mol. The number of methoxy groups -OCH3 is 2. The van der Waals surface area contributed by atoms with Crippen LogP contribution in [0.25, 0.3) is 11.5 Å². The maximum atomic E-state index is 5.76. The Bertz CT molecular complexity index is 784. The van der Waals surface area contributed by atoms with E-state index in [1.54, 1.807) is 14.2 Å². The predicted molar refractivity (Wildman–Crippen MR) is 91.3 cm³/mol. The lowest BCUT2D eigenvalue weighted by Gasteiger charge is -2.07. The summed E-state index contributed by atoms with van der Waals surface area (Å²) in [6.07, 6.45) is 2.72. The van der Waals surface area contributed by atoms with E-state index in [0.29, 0.717) is 23.3 Å². The van der Waals surface area contributed by atoms with Crippen LogP contribution in [-0.2, 0) is 12.8 Å². The highest BCUT2D eigenvalue weighted by Gasteiger charge is 2.12. The van der Waals surface area contributed by atoms with Crippen LogP contribution in [0.3, 0.4) is 0 Å². The summed E-state index contributed by atoms with van der Waals surface area (Å²) >= 11 is 0. The van der Waals surface area contributed by atoms with Gasteiger partial charge in [0.05, 0.1) is 14.2 Å². The van der Waals surface area contributed by atoms with E-state index in [2.05, 4.69) is 34.5 Å². The first-order valence-electron chi connectivity index (χ1n) is 7.89. The molecule has 5 nitrogen and oxygen atoms in total. The number of hydrogen-bond acceptors (Lipinski definition) is 5. The lowest BCUT2D eigenvalue weighted by Crippen LogP contribution is -1.90. The maximum Gasteiger partial charge on any atom is 0.247 e. The minimum Gasteiger partial charge on any atom is -0.493 e. The number of rotatable bonds is 7. The van der Waals surface area contributed by atoms with Crippen LogP contribution < -0.4 is 9.47 Å². The molecule has 3 aromatic rings. The molecule has 0 spiro atoms. The van der Waals surface area contributed by atoms with Gasteiger partial charge in [0.15, 0.2) is 11.5 Å². The Morgan fingerprint density at radius 1 is 0.875 bits per heavy atom. The zero-order valence-corrected chi connectivity index (χ0v) is 13.9. The molecule has 0 aliphatic heterocycles. The second kappa shape index (κ2) is 7.64. The van der Waals surface area contributed by atoms with Gasteiger partial charge < -0.3 is 13.9 Å². The summed E-state index contributed by atoms with van der Waals surface area (Å²) in [5.41, 5.74) is 2.13. The lowest BCUT2D eigenvalue weighted by atomic mass is 10.1. The smallest absolute Gasteiger partial charge is 0.247 e. The van der Waals surface area contributed by atoms with E-state index >= 15 is 0 Å². The van der Waals surface area contributed by atoms with E-state index < -0.39 is 0 Å². The van der Waals surface area contributed by atoms with Crippen LogP contribution in [-0.4, -0.2) is 24.4 Å². The zero-order chi connectivity index (χ0) is 16.8. The zero-order valence-electron chi connectivity index (χ0n) is 13.9. The van der Waals surface area contributed by atoms with Gasteiger partial charge in [-0.15, -0.1) is 10.2 Å². The highest BCUT2D eigenvalue weighted by Crippen LogP contribution is 2.31. The molecule has 0 bridgehead atoms. The molecule has 0 aliphatic rings. The topological polar surface area (TPSA) is 57.4 Å². The van der Waals surface area contributed by atoms with Crippen LogP contribution >= 0.6 is 0 Å². The first-order chi connectivity index (χ1) is 11.8. The summed E-state index contributed by atoms with van der Waals surface area (Å²) in [5.74, 6) is 2.45. The van der Waals surface area contributed by atoms with Gasteiger partial charge in [-0.3, -0.25) is 0 Å². The average Bonchev–Trinajstić information content (AvgIpc) is 3.11. The lowest BCUT2D eigenvalue weighted by molar-refractivity contribution is 0.355. The van der Waals surface area contributed by atoms with Crippen LogP contribution in [0.15, 0.2) is 52.9 Å². The third-order valence-electron chi connectivity index (χ3n) is 3.80. The molecule has 1 aromatic heterocycles. The fourth-order valence-corrected chi connectivity index (χ4v) is 2.53. The average molecular weight is 324 g/mol. The van der Waals surface area contributed by atoms with Gasteiger partial charge in [-0.05, 0) is 36.6 Å². The molecule has 124 valence electrons. The molecule has 0 saturated carbocycles. The molecular formula is C19H20N2O3. The third-order valence-corrected chi connectivity index (χ3v) is 3.80. The van der Waals surface area contributed by atoms with Crippen molar-refractivity contribution in [1.82, 2.24) is 10.2 Å². The van der Waals surface area contributed by atoms with Gasteiger partial charge in [0, 0.05) is 12.0 Å². The van der Waals surface area contributed by atoms with E-state index in [4.69, 9.17) is 13.9 Å². The van der Waals surface area contributed by atoms with E-state index in [-0.39, 0.29) is 0 Å². The van der Waals surface area contributed by atoms with Gasteiger partial charge in [-0.2, -0.15) is 0 Å². The maximum absolute atomic E-state index is 5.76. The molecule has 5 heteroatoms. The highest BCUT2D eigenvalue weighted by atomic mass is 16.5. The van der Waals surface area contributed by atoms with E-state index in [9.17, 15) is 0 Å². The van der Waals surface area contributed by atoms with Crippen LogP contribution in [0, 0.1) is 0 Å². The Morgan fingerprint density at radius 3 is 2.42 bits per heavy atom. The largest absolute Gasteiger partial charge is 0.493 e. The highest BCUT2D eigenvalue weighted by molar-refractivity contribution is 5.59. The third kappa shape index (κ3) is 3.74. The summed E-state index contributed by atoms with van der Waals surface area (Å²) < 4.78 is 16.3. The molecule has 0 saturated heterocycles. The monoisotopic (exact) mass is 324 g/mol. The quantitative estimate of drug-likeness (QED) is 0.659. The fourth-order valence-electron chi connectivity index (χ4n) is 2.53. The van der Waals surface area contributed by atoms with Crippen molar-refractivity contribution in [2.24, 2.45) is 0 Å². The van der Waals surface area contributed by atoms with E-state index in [1.165, 1.54) is 5.56 Å². The molecule has 3 rings (SSSR count). The van der Waals surface area contributed by atoms with Crippen molar-refractivity contribution in [3.63, 3.8) is 0 Å². The van der Waals surface area contributed by atoms with Crippen molar-refractivity contribution in [1.29, 1.82) is 0 Å². The summed E-state index contributed by atoms with van der Waals surface area (Å²) in [4.78, 5) is 0. The van der Waals surface area contributed by atoms with Gasteiger partial charge in [0.25, 0.3) is 0 Å². The van der Waals surface area contributed by atoms with Crippen molar-refractivity contribution in [3.8, 4) is 23.0 Å². The van der Waals surface area contributed by atoms with Crippen LogP contribution in [0.2, 0.25) is 0 Å². The van der Waals surface area contributed by atoms with Crippen molar-refractivity contribution in [3.05, 3.63) is 60.0 Å². The Kier molecular flexibility index (Phi) is 5.11. The second-order valence-electron chi connectivity index (χ2n) is 5.41. The molecule has 0 fully saturated rings. The van der Waals surface area contributed by atoms with Crippen molar-refractivity contribution >= 4 is 0 Å². The number of hydrogen-bond donors (Lipinski definition) is 0. The normalized spacial score (nSPS) is 10.6. The van der Waals surface area contributed by atoms with Crippen molar-refractivity contribution in [2.45, 2.75) is 19.3 Å². The molecule has 0 unspecified atom stereocenters. The molecule has 24 heavy (non-hydrogen) atoms. The first kappa shape index (κ1) is 16.1. The SMILES string of the molecule is COc1ccc(-c2nnc(CCCc3ccccc3)o2)cc1OC. The van der Waals surface area contributed by atoms with E-state index in [0.717, 1.165) is 24.8 Å². The van der Waals surface area contributed by atoms with Crippen LogP contribution in [0.4, 0.5) is 0 Å². The van der Waals surface area contributed by atoms with Crippen molar-refractivity contribution < 1.29 is 13.9 Å². The Hall–Kier alpha value is -2.82. The summed E-state index contributed by atoms with van der Waals surface area (Å²) in [6.45, 7) is 0. The van der Waals surface area contributed by atoms with Gasteiger partial charge in [-0.1, -0.05) is 30.3 Å². The fraction of sp³-hybridized carbons (Fsp3) is 0.263. The van der Waals surface area contributed by atoms with Crippen LogP contribution in [0.1, 0.15) is 17.9 Å². The van der Waals surface area contributed by atoms with Gasteiger partial charge >= 0.3 is 0 Å². The molecule has 1 heterocycles. The van der Waals surface area contributed by atoms with Gasteiger partial charge in [-0.25, -0.2) is 0 Å². The molecule has 2 aromatic carbocycles. The van der Waals surface area contributed by atoms with E-state index in [1.807, 2.05) is 24.3 Å². The molecule has 0 radical (unpaired) electrons. The van der Waals surface area contributed by atoms with Gasteiger partial charge in [0.2, 0.25) is 11.8 Å². The van der Waals surface area contributed by atoms with Gasteiger partial charge in [0.1, 0.15) is 0 Å². The molecule has 0 N–H and O–H groups in total. The first-order valence-corrected chi connectivity index (χ1v) is 7.89. The molecule has 0 aliphatic carbocycles. The predicted octanol–water partition coefficient (Wildman–Crippen LogP) is 3.93. The summed E-state index contributed by atoms with van der Waals surface area (Å²) in [7, 11) is 3.21. The number of benzene rings is 2. The minimum absolute atomic E-state index is 0.491. The van der Waals surface area contributed by atoms with Crippen molar-refractivity contribution in [2.75, 3.05) is 14.2 Å². The van der Waals surface area contributed by atoms with Crippen LogP contribution in [0.5, 0.6) is 11.5 Å². The Balaban J connectivity index is 1.65.